The molecule has 1 aliphatic carbocycles. The molecule has 2 amide bonds. The van der Waals surface area contributed by atoms with Gasteiger partial charge in [0, 0.05) is 32.2 Å². The summed E-state index contributed by atoms with van der Waals surface area (Å²) in [6.45, 7) is 3.18. The molecule has 1 aliphatic heterocycles. The predicted octanol–water partition coefficient (Wildman–Crippen LogP) is 1.80. The van der Waals surface area contributed by atoms with Gasteiger partial charge in [0.2, 0.25) is 0 Å². The molecular formula is C13H25N3O. The van der Waals surface area contributed by atoms with Crippen LogP contribution >= 0.6 is 0 Å². The van der Waals surface area contributed by atoms with Crippen LogP contribution in [0.1, 0.15) is 44.9 Å². The topological polar surface area (TPSA) is 49.6 Å². The van der Waals surface area contributed by atoms with Crippen LogP contribution in [-0.2, 0) is 0 Å². The van der Waals surface area contributed by atoms with E-state index in [9.17, 15) is 4.79 Å². The van der Waals surface area contributed by atoms with Crippen molar-refractivity contribution in [2.24, 2.45) is 5.73 Å². The second-order valence-corrected chi connectivity index (χ2v) is 5.25. The van der Waals surface area contributed by atoms with Gasteiger partial charge in [-0.1, -0.05) is 19.3 Å². The van der Waals surface area contributed by atoms with Gasteiger partial charge in [0.25, 0.3) is 0 Å². The van der Waals surface area contributed by atoms with Gasteiger partial charge >= 0.3 is 6.03 Å². The number of hydrogen-bond donors (Lipinski definition) is 1. The summed E-state index contributed by atoms with van der Waals surface area (Å²) in [5.74, 6) is 0. The van der Waals surface area contributed by atoms with Gasteiger partial charge in [-0.25, -0.2) is 4.79 Å². The van der Waals surface area contributed by atoms with Crippen molar-refractivity contribution < 1.29 is 4.79 Å². The van der Waals surface area contributed by atoms with Crippen LogP contribution in [0.2, 0.25) is 0 Å². The van der Waals surface area contributed by atoms with Gasteiger partial charge in [-0.3, -0.25) is 0 Å². The van der Waals surface area contributed by atoms with E-state index in [-0.39, 0.29) is 6.03 Å². The molecule has 2 rings (SSSR count). The molecule has 0 aromatic heterocycles. The molecule has 0 bridgehead atoms. The lowest BCUT2D eigenvalue weighted by Crippen LogP contribution is -2.49. The van der Waals surface area contributed by atoms with Gasteiger partial charge in [0.05, 0.1) is 0 Å². The monoisotopic (exact) mass is 239 g/mol. The molecule has 0 aromatic rings. The van der Waals surface area contributed by atoms with Crippen LogP contribution in [0.4, 0.5) is 4.79 Å². The van der Waals surface area contributed by atoms with Crippen molar-refractivity contribution in [1.82, 2.24) is 9.80 Å². The second kappa shape index (κ2) is 6.24. The second-order valence-electron chi connectivity index (χ2n) is 5.25. The van der Waals surface area contributed by atoms with E-state index >= 15 is 0 Å². The summed E-state index contributed by atoms with van der Waals surface area (Å²) in [6, 6.07) is 0.681. The van der Waals surface area contributed by atoms with E-state index in [1.165, 1.54) is 32.1 Å². The Morgan fingerprint density at radius 2 is 1.76 bits per heavy atom. The fourth-order valence-corrected chi connectivity index (χ4v) is 3.06. The van der Waals surface area contributed by atoms with E-state index in [4.69, 9.17) is 5.73 Å². The molecule has 17 heavy (non-hydrogen) atoms. The molecule has 2 aliphatic rings. The van der Waals surface area contributed by atoms with Gasteiger partial charge in [-0.15, -0.1) is 0 Å². The lowest BCUT2D eigenvalue weighted by Gasteiger charge is -2.36. The zero-order chi connectivity index (χ0) is 12.1. The Kier molecular flexibility index (Phi) is 4.66. The summed E-state index contributed by atoms with van der Waals surface area (Å²) in [5, 5.41) is 0. The van der Waals surface area contributed by atoms with Crippen LogP contribution in [0.5, 0.6) is 0 Å². The average Bonchev–Trinajstić information content (AvgIpc) is 2.90. The lowest BCUT2D eigenvalue weighted by molar-refractivity contribution is 0.128. The number of carbonyl (C=O) groups is 1. The molecule has 0 aromatic carbocycles. The highest BCUT2D eigenvalue weighted by atomic mass is 16.2. The summed E-state index contributed by atoms with van der Waals surface area (Å²) < 4.78 is 0. The zero-order valence-corrected chi connectivity index (χ0v) is 10.7. The molecule has 2 N–H and O–H groups in total. The zero-order valence-electron chi connectivity index (χ0n) is 10.7. The Labute approximate surface area is 104 Å². The van der Waals surface area contributed by atoms with E-state index in [0.717, 1.165) is 32.5 Å². The van der Waals surface area contributed by atoms with Crippen LogP contribution < -0.4 is 5.73 Å². The lowest BCUT2D eigenvalue weighted by atomic mass is 9.94. The third-order valence-electron chi connectivity index (χ3n) is 4.01. The minimum atomic E-state index is 0.236. The number of nitrogens with two attached hydrogens (primary N) is 1. The first-order valence-electron chi connectivity index (χ1n) is 7.08. The number of likely N-dealkylation sites (tertiary alicyclic amines) is 1. The molecule has 0 atom stereocenters. The van der Waals surface area contributed by atoms with E-state index in [1.54, 1.807) is 0 Å². The Balaban J connectivity index is 1.96. The maximum Gasteiger partial charge on any atom is 0.320 e. The first kappa shape index (κ1) is 12.7. The van der Waals surface area contributed by atoms with Crippen LogP contribution in [0.15, 0.2) is 0 Å². The summed E-state index contributed by atoms with van der Waals surface area (Å²) in [6.07, 6.45) is 8.50. The molecule has 0 radical (unpaired) electrons. The standard InChI is InChI=1S/C13H25N3O/c14-8-11-16(12-6-2-1-3-7-12)13(17)15-9-4-5-10-15/h12H,1-11,14H2. The minimum absolute atomic E-state index is 0.236. The first-order chi connectivity index (χ1) is 8.33. The number of rotatable bonds is 3. The fourth-order valence-electron chi connectivity index (χ4n) is 3.06. The van der Waals surface area contributed by atoms with Crippen molar-refractivity contribution in [2.45, 2.75) is 51.0 Å². The summed E-state index contributed by atoms with van der Waals surface area (Å²) in [5.41, 5.74) is 5.66. The maximum absolute atomic E-state index is 12.4. The molecule has 4 heteroatoms. The van der Waals surface area contributed by atoms with Crippen molar-refractivity contribution in [3.63, 3.8) is 0 Å². The molecule has 1 heterocycles. The first-order valence-corrected chi connectivity index (χ1v) is 7.08. The Hall–Kier alpha value is -0.770. The van der Waals surface area contributed by atoms with Gasteiger partial charge in [0.1, 0.15) is 0 Å². The summed E-state index contributed by atoms with van der Waals surface area (Å²) >= 11 is 0. The van der Waals surface area contributed by atoms with Crippen molar-refractivity contribution in [3.05, 3.63) is 0 Å². The molecule has 4 nitrogen and oxygen atoms in total. The smallest absolute Gasteiger partial charge is 0.320 e. The SMILES string of the molecule is NCCN(C(=O)N1CCCC1)C1CCCCC1. The molecule has 98 valence electrons. The largest absolute Gasteiger partial charge is 0.329 e. The highest BCUT2D eigenvalue weighted by molar-refractivity contribution is 5.75. The van der Waals surface area contributed by atoms with E-state index in [1.807, 2.05) is 9.80 Å². The number of nitrogens with zero attached hydrogens (tertiary/aromatic N) is 2. The van der Waals surface area contributed by atoms with Crippen molar-refractivity contribution in [1.29, 1.82) is 0 Å². The maximum atomic E-state index is 12.4. The van der Waals surface area contributed by atoms with Gasteiger partial charge < -0.3 is 15.5 Å². The normalized spacial score (nSPS) is 21.8. The molecule has 0 spiro atoms. The number of carbonyl (C=O) groups excluding carboxylic acids is 1. The van der Waals surface area contributed by atoms with Crippen LogP contribution in [0.25, 0.3) is 0 Å². The highest BCUT2D eigenvalue weighted by Gasteiger charge is 2.29. The van der Waals surface area contributed by atoms with Gasteiger partial charge in [-0.05, 0) is 25.7 Å². The number of urea groups is 1. The predicted molar refractivity (Wildman–Crippen MR) is 68.8 cm³/mol. The summed E-state index contributed by atoms with van der Waals surface area (Å²) in [7, 11) is 0. The molecular weight excluding hydrogens is 214 g/mol. The Bertz CT molecular complexity index is 245. The number of amides is 2. The highest BCUT2D eigenvalue weighted by Crippen LogP contribution is 2.24. The number of hydrogen-bond acceptors (Lipinski definition) is 2. The van der Waals surface area contributed by atoms with Crippen molar-refractivity contribution in [3.8, 4) is 0 Å². The van der Waals surface area contributed by atoms with E-state index < -0.39 is 0 Å². The minimum Gasteiger partial charge on any atom is -0.329 e. The Morgan fingerprint density at radius 3 is 2.35 bits per heavy atom. The quantitative estimate of drug-likeness (QED) is 0.816. The fraction of sp³-hybridized carbons (Fsp3) is 0.923. The average molecular weight is 239 g/mol. The molecule has 2 fully saturated rings. The molecule has 1 saturated heterocycles. The van der Waals surface area contributed by atoms with Gasteiger partial charge in [0.15, 0.2) is 0 Å². The van der Waals surface area contributed by atoms with Crippen molar-refractivity contribution in [2.75, 3.05) is 26.2 Å². The third-order valence-corrected chi connectivity index (χ3v) is 4.01. The van der Waals surface area contributed by atoms with Gasteiger partial charge in [-0.2, -0.15) is 0 Å². The third kappa shape index (κ3) is 3.12. The van der Waals surface area contributed by atoms with Crippen LogP contribution in [0, 0.1) is 0 Å². The summed E-state index contributed by atoms with van der Waals surface area (Å²) in [4.78, 5) is 16.5. The molecule has 0 unspecified atom stereocenters. The van der Waals surface area contributed by atoms with E-state index in [0.29, 0.717) is 12.6 Å². The Morgan fingerprint density at radius 1 is 1.12 bits per heavy atom. The van der Waals surface area contributed by atoms with Crippen molar-refractivity contribution >= 4 is 6.03 Å². The van der Waals surface area contributed by atoms with Crippen LogP contribution in [-0.4, -0.2) is 48.1 Å². The van der Waals surface area contributed by atoms with Crippen LogP contribution in [0.3, 0.4) is 0 Å². The molecule has 1 saturated carbocycles. The van der Waals surface area contributed by atoms with E-state index in [2.05, 4.69) is 0 Å².